The number of hydrogen-bond acceptors (Lipinski definition) is 2. The van der Waals surface area contributed by atoms with Gasteiger partial charge in [-0.05, 0) is 49.4 Å². The number of hydrogen-bond donors (Lipinski definition) is 1. The van der Waals surface area contributed by atoms with Crippen LogP contribution in [-0.4, -0.2) is 20.9 Å². The number of aryl methyl sites for hydroxylation is 1. The molecule has 0 spiro atoms. The summed E-state index contributed by atoms with van der Waals surface area (Å²) in [6.07, 6.45) is 3.88. The van der Waals surface area contributed by atoms with Gasteiger partial charge in [-0.1, -0.05) is 12.1 Å². The molecule has 0 saturated heterocycles. The van der Waals surface area contributed by atoms with Crippen LogP contribution in [0.2, 0.25) is 0 Å². The predicted molar refractivity (Wildman–Crippen MR) is 71.5 cm³/mol. The van der Waals surface area contributed by atoms with Gasteiger partial charge in [0.15, 0.2) is 0 Å². The van der Waals surface area contributed by atoms with Crippen LogP contribution < -0.4 is 0 Å². The van der Waals surface area contributed by atoms with Crippen LogP contribution in [0.1, 0.15) is 23.2 Å². The van der Waals surface area contributed by atoms with E-state index in [0.717, 1.165) is 23.4 Å². The Morgan fingerprint density at radius 2 is 2.32 bits per heavy atom. The maximum absolute atomic E-state index is 11.1. The van der Waals surface area contributed by atoms with E-state index in [-0.39, 0.29) is 5.92 Å². The van der Waals surface area contributed by atoms with Gasteiger partial charge in [-0.25, -0.2) is 4.68 Å². The van der Waals surface area contributed by atoms with Crippen molar-refractivity contribution in [3.63, 3.8) is 0 Å². The molecule has 0 fully saturated rings. The highest BCUT2D eigenvalue weighted by Gasteiger charge is 2.27. The largest absolute Gasteiger partial charge is 0.481 e. The Labute approximate surface area is 111 Å². The first-order chi connectivity index (χ1) is 9.15. The van der Waals surface area contributed by atoms with Gasteiger partial charge in [-0.15, -0.1) is 0 Å². The van der Waals surface area contributed by atoms with E-state index in [1.807, 2.05) is 23.0 Å². The fraction of sp³-hybridized carbons (Fsp3) is 0.333. The van der Waals surface area contributed by atoms with Crippen LogP contribution in [0.15, 0.2) is 30.5 Å². The minimum absolute atomic E-state index is 0.261. The smallest absolute Gasteiger partial charge is 0.306 e. The van der Waals surface area contributed by atoms with Gasteiger partial charge < -0.3 is 5.11 Å². The molecular formula is C15H16N2O2. The predicted octanol–water partition coefficient (Wildman–Crippen LogP) is 2.37. The highest BCUT2D eigenvalue weighted by molar-refractivity contribution is 5.71. The van der Waals surface area contributed by atoms with Crippen LogP contribution in [0.3, 0.4) is 0 Å². The maximum atomic E-state index is 11.1. The second kappa shape index (κ2) is 4.53. The van der Waals surface area contributed by atoms with Gasteiger partial charge in [0, 0.05) is 5.69 Å². The fourth-order valence-corrected chi connectivity index (χ4v) is 2.72. The molecule has 0 bridgehead atoms. The standard InChI is InChI=1S/C15H16N2O2/c1-10-3-2-4-13(7-10)17-14-6-5-11(15(18)19)8-12(14)9-16-17/h2-4,7,9,11H,5-6,8H2,1H3,(H,18,19). The van der Waals surface area contributed by atoms with Crippen LogP contribution in [0.4, 0.5) is 0 Å². The highest BCUT2D eigenvalue weighted by Crippen LogP contribution is 2.27. The van der Waals surface area contributed by atoms with Gasteiger partial charge in [0.1, 0.15) is 0 Å². The van der Waals surface area contributed by atoms with E-state index in [9.17, 15) is 4.79 Å². The van der Waals surface area contributed by atoms with E-state index in [4.69, 9.17) is 5.11 Å². The third kappa shape index (κ3) is 2.14. The third-order valence-electron chi connectivity index (χ3n) is 3.75. The van der Waals surface area contributed by atoms with Crippen molar-refractivity contribution in [2.24, 2.45) is 5.92 Å². The third-order valence-corrected chi connectivity index (χ3v) is 3.75. The lowest BCUT2D eigenvalue weighted by Crippen LogP contribution is -2.22. The first-order valence-electron chi connectivity index (χ1n) is 6.51. The molecule has 1 aliphatic rings. The Balaban J connectivity index is 1.97. The summed E-state index contributed by atoms with van der Waals surface area (Å²) in [7, 11) is 0. The summed E-state index contributed by atoms with van der Waals surface area (Å²) in [5.41, 5.74) is 4.47. The van der Waals surface area contributed by atoms with Crippen molar-refractivity contribution in [1.29, 1.82) is 0 Å². The molecule has 19 heavy (non-hydrogen) atoms. The van der Waals surface area contributed by atoms with Crippen molar-refractivity contribution >= 4 is 5.97 Å². The molecule has 0 amide bonds. The molecule has 4 nitrogen and oxygen atoms in total. The summed E-state index contributed by atoms with van der Waals surface area (Å²) in [6, 6.07) is 8.20. The van der Waals surface area contributed by atoms with Gasteiger partial charge in [-0.2, -0.15) is 5.10 Å². The molecule has 1 atom stereocenters. The van der Waals surface area contributed by atoms with Crippen molar-refractivity contribution in [1.82, 2.24) is 9.78 Å². The average Bonchev–Trinajstić information content (AvgIpc) is 2.81. The number of fused-ring (bicyclic) bond motifs is 1. The summed E-state index contributed by atoms with van der Waals surface area (Å²) < 4.78 is 1.94. The number of carboxylic acids is 1. The van der Waals surface area contributed by atoms with E-state index in [0.29, 0.717) is 12.8 Å². The van der Waals surface area contributed by atoms with Crippen molar-refractivity contribution in [2.75, 3.05) is 0 Å². The Bertz CT molecular complexity index is 631. The zero-order valence-electron chi connectivity index (χ0n) is 10.8. The van der Waals surface area contributed by atoms with Crippen LogP contribution >= 0.6 is 0 Å². The molecule has 0 radical (unpaired) electrons. The molecule has 1 aromatic carbocycles. The molecule has 4 heteroatoms. The normalized spacial score (nSPS) is 18.1. The number of benzene rings is 1. The fourth-order valence-electron chi connectivity index (χ4n) is 2.72. The van der Waals surface area contributed by atoms with Gasteiger partial charge in [0.2, 0.25) is 0 Å². The van der Waals surface area contributed by atoms with E-state index < -0.39 is 5.97 Å². The van der Waals surface area contributed by atoms with Crippen molar-refractivity contribution in [3.8, 4) is 5.69 Å². The number of carbonyl (C=O) groups is 1. The molecule has 1 aromatic heterocycles. The molecule has 0 aliphatic heterocycles. The lowest BCUT2D eigenvalue weighted by Gasteiger charge is -2.19. The van der Waals surface area contributed by atoms with E-state index in [1.165, 1.54) is 5.56 Å². The molecule has 1 heterocycles. The molecule has 2 aromatic rings. The summed E-state index contributed by atoms with van der Waals surface area (Å²) >= 11 is 0. The number of nitrogens with zero attached hydrogens (tertiary/aromatic N) is 2. The highest BCUT2D eigenvalue weighted by atomic mass is 16.4. The van der Waals surface area contributed by atoms with Gasteiger partial charge >= 0.3 is 5.97 Å². The molecule has 98 valence electrons. The topological polar surface area (TPSA) is 55.1 Å². The zero-order chi connectivity index (χ0) is 13.4. The van der Waals surface area contributed by atoms with E-state index in [1.54, 1.807) is 0 Å². The molecular weight excluding hydrogens is 240 g/mol. The number of aromatic nitrogens is 2. The number of aliphatic carboxylic acids is 1. The lowest BCUT2D eigenvalue weighted by molar-refractivity contribution is -0.142. The average molecular weight is 256 g/mol. The Hall–Kier alpha value is -2.10. The summed E-state index contributed by atoms with van der Waals surface area (Å²) in [6.45, 7) is 2.06. The van der Waals surface area contributed by atoms with Crippen LogP contribution in [-0.2, 0) is 17.6 Å². The first-order valence-corrected chi connectivity index (χ1v) is 6.51. The molecule has 1 aliphatic carbocycles. The zero-order valence-corrected chi connectivity index (χ0v) is 10.8. The molecule has 0 saturated carbocycles. The van der Waals surface area contributed by atoms with Crippen LogP contribution in [0.25, 0.3) is 5.69 Å². The minimum Gasteiger partial charge on any atom is -0.481 e. The van der Waals surface area contributed by atoms with Crippen molar-refractivity contribution in [2.45, 2.75) is 26.2 Å². The second-order valence-electron chi connectivity index (χ2n) is 5.15. The molecule has 1 N–H and O–H groups in total. The monoisotopic (exact) mass is 256 g/mol. The van der Waals surface area contributed by atoms with Crippen molar-refractivity contribution < 1.29 is 9.90 Å². The summed E-state index contributed by atoms with van der Waals surface area (Å²) in [4.78, 5) is 11.1. The van der Waals surface area contributed by atoms with Crippen LogP contribution in [0, 0.1) is 12.8 Å². The minimum atomic E-state index is -0.700. The summed E-state index contributed by atoms with van der Waals surface area (Å²) in [5, 5.41) is 13.5. The Kier molecular flexibility index (Phi) is 2.85. The molecule has 3 rings (SSSR count). The van der Waals surface area contributed by atoms with Gasteiger partial charge in [0.25, 0.3) is 0 Å². The van der Waals surface area contributed by atoms with E-state index >= 15 is 0 Å². The van der Waals surface area contributed by atoms with E-state index in [2.05, 4.69) is 24.2 Å². The number of rotatable bonds is 2. The summed E-state index contributed by atoms with van der Waals surface area (Å²) in [5.74, 6) is -0.961. The molecule has 1 unspecified atom stereocenters. The SMILES string of the molecule is Cc1cccc(-n2ncc3c2CCC(C(=O)O)C3)c1. The van der Waals surface area contributed by atoms with Crippen LogP contribution in [0.5, 0.6) is 0 Å². The quantitative estimate of drug-likeness (QED) is 0.897. The first kappa shape index (κ1) is 12.0. The number of carboxylic acid groups (broad SMARTS) is 1. The second-order valence-corrected chi connectivity index (χ2v) is 5.15. The Morgan fingerprint density at radius 1 is 1.47 bits per heavy atom. The van der Waals surface area contributed by atoms with Gasteiger partial charge in [-0.3, -0.25) is 4.79 Å². The lowest BCUT2D eigenvalue weighted by atomic mass is 9.88. The maximum Gasteiger partial charge on any atom is 0.306 e. The van der Waals surface area contributed by atoms with Gasteiger partial charge in [0.05, 0.1) is 17.8 Å². The van der Waals surface area contributed by atoms with Crippen molar-refractivity contribution in [3.05, 3.63) is 47.3 Å². The Morgan fingerprint density at radius 3 is 3.05 bits per heavy atom.